The van der Waals surface area contributed by atoms with Crippen LogP contribution in [0.3, 0.4) is 0 Å². The Morgan fingerprint density at radius 3 is 2.32 bits per heavy atom. The Labute approximate surface area is 164 Å². The number of benzene rings is 2. The van der Waals surface area contributed by atoms with E-state index in [2.05, 4.69) is 5.92 Å². The summed E-state index contributed by atoms with van der Waals surface area (Å²) < 4.78 is 18.6. The second kappa shape index (κ2) is 7.82. The fourth-order valence-corrected chi connectivity index (χ4v) is 3.76. The number of carbonyl (C=O) groups is 2. The third-order valence-corrected chi connectivity index (χ3v) is 4.92. The number of aryl methyl sites for hydroxylation is 2. The second-order valence-electron chi connectivity index (χ2n) is 7.06. The maximum absolute atomic E-state index is 13.2. The highest BCUT2D eigenvalue weighted by Crippen LogP contribution is 2.40. The summed E-state index contributed by atoms with van der Waals surface area (Å²) in [5.41, 5.74) is 4.79. The minimum atomic E-state index is -0.458. The zero-order valence-electron chi connectivity index (χ0n) is 16.1. The molecule has 2 aromatic carbocycles. The van der Waals surface area contributed by atoms with Crippen molar-refractivity contribution in [2.75, 3.05) is 0 Å². The molecule has 142 valence electrons. The SMILES string of the molecule is C#CCC1CC(OC(C)=O)=C(c2c(C)cc(-c3ccc(F)cc3)cc2C)C1=O. The van der Waals surface area contributed by atoms with E-state index in [1.54, 1.807) is 12.1 Å². The molecule has 1 atom stereocenters. The van der Waals surface area contributed by atoms with E-state index in [1.807, 2.05) is 26.0 Å². The second-order valence-corrected chi connectivity index (χ2v) is 7.06. The zero-order valence-corrected chi connectivity index (χ0v) is 16.1. The molecule has 1 aliphatic rings. The number of Topliss-reactive ketones (excluding diaryl/α,β-unsaturated/α-hetero) is 1. The Bertz CT molecular complexity index is 1000. The number of ketones is 1. The molecule has 0 spiro atoms. The van der Waals surface area contributed by atoms with Crippen molar-refractivity contribution in [3.8, 4) is 23.5 Å². The highest BCUT2D eigenvalue weighted by atomic mass is 19.1. The van der Waals surface area contributed by atoms with Gasteiger partial charge in [0.05, 0.1) is 5.57 Å². The summed E-state index contributed by atoms with van der Waals surface area (Å²) in [6.07, 6.45) is 6.04. The average Bonchev–Trinajstić information content (AvgIpc) is 2.90. The first-order valence-corrected chi connectivity index (χ1v) is 9.08. The van der Waals surface area contributed by atoms with Gasteiger partial charge in [-0.15, -0.1) is 12.3 Å². The number of terminal acetylenes is 1. The lowest BCUT2D eigenvalue weighted by atomic mass is 9.89. The molecular formula is C24H21FO3. The van der Waals surface area contributed by atoms with E-state index in [4.69, 9.17) is 11.2 Å². The van der Waals surface area contributed by atoms with Gasteiger partial charge in [-0.2, -0.15) is 0 Å². The Kier molecular flexibility index (Phi) is 5.46. The summed E-state index contributed by atoms with van der Waals surface area (Å²) in [5.74, 6) is 1.71. The fourth-order valence-electron chi connectivity index (χ4n) is 3.76. The quantitative estimate of drug-likeness (QED) is 0.557. The van der Waals surface area contributed by atoms with Gasteiger partial charge in [-0.1, -0.05) is 24.3 Å². The first-order chi connectivity index (χ1) is 13.3. The van der Waals surface area contributed by atoms with Crippen LogP contribution in [0.25, 0.3) is 16.7 Å². The van der Waals surface area contributed by atoms with Crippen LogP contribution in [-0.4, -0.2) is 11.8 Å². The van der Waals surface area contributed by atoms with Crippen LogP contribution in [0, 0.1) is 37.9 Å². The van der Waals surface area contributed by atoms with E-state index in [0.717, 1.165) is 27.8 Å². The van der Waals surface area contributed by atoms with Gasteiger partial charge in [0.25, 0.3) is 0 Å². The maximum Gasteiger partial charge on any atom is 0.307 e. The molecule has 28 heavy (non-hydrogen) atoms. The number of hydrogen-bond acceptors (Lipinski definition) is 3. The molecule has 0 bridgehead atoms. The Morgan fingerprint density at radius 1 is 1.18 bits per heavy atom. The van der Waals surface area contributed by atoms with Crippen molar-refractivity contribution < 1.29 is 18.7 Å². The summed E-state index contributed by atoms with van der Waals surface area (Å²) in [6.45, 7) is 5.14. The van der Waals surface area contributed by atoms with Gasteiger partial charge in [0.15, 0.2) is 5.78 Å². The molecule has 3 rings (SSSR count). The van der Waals surface area contributed by atoms with Crippen LogP contribution in [0.15, 0.2) is 42.2 Å². The summed E-state index contributed by atoms with van der Waals surface area (Å²) in [5, 5.41) is 0. The van der Waals surface area contributed by atoms with Gasteiger partial charge < -0.3 is 4.74 Å². The lowest BCUT2D eigenvalue weighted by Gasteiger charge is -2.15. The Hall–Kier alpha value is -3.19. The summed E-state index contributed by atoms with van der Waals surface area (Å²) in [6, 6.07) is 10.2. The molecule has 3 nitrogen and oxygen atoms in total. The van der Waals surface area contributed by atoms with Crippen LogP contribution in [0.2, 0.25) is 0 Å². The number of carbonyl (C=O) groups excluding carboxylic acids is 2. The number of ether oxygens (including phenoxy) is 1. The maximum atomic E-state index is 13.2. The van der Waals surface area contributed by atoms with Gasteiger partial charge in [0.2, 0.25) is 0 Å². The van der Waals surface area contributed by atoms with Crippen LogP contribution in [0.5, 0.6) is 0 Å². The number of halogens is 1. The lowest BCUT2D eigenvalue weighted by molar-refractivity contribution is -0.137. The molecule has 0 aliphatic heterocycles. The van der Waals surface area contributed by atoms with Gasteiger partial charge in [-0.3, -0.25) is 9.59 Å². The van der Waals surface area contributed by atoms with Crippen molar-refractivity contribution in [3.05, 3.63) is 64.7 Å². The molecule has 2 aromatic rings. The molecule has 0 amide bonds. The average molecular weight is 376 g/mol. The normalized spacial score (nSPS) is 16.2. The Morgan fingerprint density at radius 2 is 1.79 bits per heavy atom. The molecule has 0 fully saturated rings. The van der Waals surface area contributed by atoms with Gasteiger partial charge in [-0.05, 0) is 53.8 Å². The first kappa shape index (κ1) is 19.6. The predicted molar refractivity (Wildman–Crippen MR) is 107 cm³/mol. The van der Waals surface area contributed by atoms with E-state index < -0.39 is 5.97 Å². The molecule has 1 unspecified atom stereocenters. The van der Waals surface area contributed by atoms with Gasteiger partial charge in [0, 0.05) is 25.7 Å². The van der Waals surface area contributed by atoms with Crippen LogP contribution in [-0.2, 0) is 14.3 Å². The van der Waals surface area contributed by atoms with Crippen molar-refractivity contribution >= 4 is 17.3 Å². The fraction of sp³-hybridized carbons (Fsp3) is 0.250. The molecule has 0 aromatic heterocycles. The van der Waals surface area contributed by atoms with Crippen LogP contribution in [0.1, 0.15) is 36.5 Å². The van der Waals surface area contributed by atoms with Crippen molar-refractivity contribution in [2.45, 2.75) is 33.6 Å². The molecule has 1 aliphatic carbocycles. The third-order valence-electron chi connectivity index (χ3n) is 4.92. The minimum Gasteiger partial charge on any atom is -0.430 e. The summed E-state index contributed by atoms with van der Waals surface area (Å²) >= 11 is 0. The molecule has 0 radical (unpaired) electrons. The van der Waals surface area contributed by atoms with Crippen molar-refractivity contribution in [3.63, 3.8) is 0 Å². The highest BCUT2D eigenvalue weighted by Gasteiger charge is 2.36. The molecular weight excluding hydrogens is 355 g/mol. The third kappa shape index (κ3) is 3.75. The van der Waals surface area contributed by atoms with Gasteiger partial charge >= 0.3 is 5.97 Å². The smallest absolute Gasteiger partial charge is 0.307 e. The standard InChI is InChI=1S/C24H21FO3/c1-5-6-18-13-21(28-16(4)26)23(24(18)27)22-14(2)11-19(12-15(22)3)17-7-9-20(25)10-8-17/h1,7-12,18H,6,13H2,2-4H3. The number of allylic oxidation sites excluding steroid dienone is 2. The van der Waals surface area contributed by atoms with E-state index in [0.29, 0.717) is 24.2 Å². The molecule has 4 heteroatoms. The summed E-state index contributed by atoms with van der Waals surface area (Å²) in [4.78, 5) is 24.5. The number of rotatable bonds is 4. The van der Waals surface area contributed by atoms with Crippen molar-refractivity contribution in [1.29, 1.82) is 0 Å². The zero-order chi connectivity index (χ0) is 20.4. The molecule has 0 saturated carbocycles. The van der Waals surface area contributed by atoms with Crippen LogP contribution in [0.4, 0.5) is 4.39 Å². The van der Waals surface area contributed by atoms with E-state index in [1.165, 1.54) is 19.1 Å². The molecule has 0 heterocycles. The lowest BCUT2D eigenvalue weighted by Crippen LogP contribution is -2.10. The van der Waals surface area contributed by atoms with Crippen molar-refractivity contribution in [2.24, 2.45) is 5.92 Å². The minimum absolute atomic E-state index is 0.0880. The number of esters is 1. The summed E-state index contributed by atoms with van der Waals surface area (Å²) in [7, 11) is 0. The van der Waals surface area contributed by atoms with E-state index >= 15 is 0 Å². The van der Waals surface area contributed by atoms with Crippen molar-refractivity contribution in [1.82, 2.24) is 0 Å². The van der Waals surface area contributed by atoms with Crippen LogP contribution >= 0.6 is 0 Å². The highest BCUT2D eigenvalue weighted by molar-refractivity contribution is 6.25. The van der Waals surface area contributed by atoms with Crippen LogP contribution < -0.4 is 0 Å². The van der Waals surface area contributed by atoms with E-state index in [9.17, 15) is 14.0 Å². The Balaban J connectivity index is 2.10. The first-order valence-electron chi connectivity index (χ1n) is 9.08. The molecule has 0 saturated heterocycles. The number of hydrogen-bond donors (Lipinski definition) is 0. The predicted octanol–water partition coefficient (Wildman–Crippen LogP) is 5.00. The molecule has 0 N–H and O–H groups in total. The van der Waals surface area contributed by atoms with E-state index in [-0.39, 0.29) is 17.5 Å². The monoisotopic (exact) mass is 376 g/mol. The topological polar surface area (TPSA) is 43.4 Å². The largest absolute Gasteiger partial charge is 0.430 e. The van der Waals surface area contributed by atoms with Gasteiger partial charge in [-0.25, -0.2) is 4.39 Å². The van der Waals surface area contributed by atoms with Gasteiger partial charge in [0.1, 0.15) is 11.6 Å².